The first-order chi connectivity index (χ1) is 20.8. The molecule has 0 aliphatic carbocycles. The number of rotatable bonds is 13. The molecule has 2 heterocycles. The zero-order valence-electron chi connectivity index (χ0n) is 24.6. The van der Waals surface area contributed by atoms with Crippen LogP contribution in [-0.2, 0) is 29.0 Å². The SMILES string of the molecule is COc1ccc(Cn2c(C(Cc3ccccc3)NC=O)nnc2C(Cc2c[nH]c3ccccc23)NC(=O)C(C)(C)N)cc1. The van der Waals surface area contributed by atoms with Gasteiger partial charge in [0.2, 0.25) is 12.3 Å². The molecule has 222 valence electrons. The number of ether oxygens (including phenoxy) is 1. The minimum atomic E-state index is -1.11. The van der Waals surface area contributed by atoms with Crippen LogP contribution < -0.4 is 21.1 Å². The third-order valence-corrected chi connectivity index (χ3v) is 7.47. The number of fused-ring (bicyclic) bond motifs is 1. The maximum Gasteiger partial charge on any atom is 0.240 e. The second-order valence-corrected chi connectivity index (χ2v) is 11.2. The number of hydrogen-bond donors (Lipinski definition) is 4. The highest BCUT2D eigenvalue weighted by Crippen LogP contribution is 2.28. The molecule has 0 aliphatic rings. The fourth-order valence-electron chi connectivity index (χ4n) is 5.15. The number of aromatic amines is 1. The molecule has 0 saturated heterocycles. The number of aromatic nitrogens is 4. The Morgan fingerprint density at radius 2 is 1.63 bits per heavy atom. The van der Waals surface area contributed by atoms with E-state index >= 15 is 0 Å². The van der Waals surface area contributed by atoms with Gasteiger partial charge in [-0.05, 0) is 55.2 Å². The summed E-state index contributed by atoms with van der Waals surface area (Å²) in [5.41, 5.74) is 9.13. The van der Waals surface area contributed by atoms with E-state index in [4.69, 9.17) is 10.5 Å². The Kier molecular flexibility index (Phi) is 8.87. The molecule has 3 aromatic carbocycles. The topological polar surface area (TPSA) is 140 Å². The lowest BCUT2D eigenvalue weighted by molar-refractivity contribution is -0.126. The summed E-state index contributed by atoms with van der Waals surface area (Å²) in [6.45, 7) is 3.74. The van der Waals surface area contributed by atoms with Gasteiger partial charge in [-0.15, -0.1) is 10.2 Å². The second-order valence-electron chi connectivity index (χ2n) is 11.2. The lowest BCUT2D eigenvalue weighted by atomic mass is 10.0. The Morgan fingerprint density at radius 1 is 0.953 bits per heavy atom. The Hall–Kier alpha value is -4.96. The van der Waals surface area contributed by atoms with Gasteiger partial charge in [-0.1, -0.05) is 60.7 Å². The number of amides is 2. The van der Waals surface area contributed by atoms with Crippen LogP contribution in [0.1, 0.15) is 54.3 Å². The average molecular weight is 580 g/mol. The largest absolute Gasteiger partial charge is 0.497 e. The molecule has 0 saturated carbocycles. The predicted octanol–water partition coefficient (Wildman–Crippen LogP) is 3.98. The smallest absolute Gasteiger partial charge is 0.240 e. The molecule has 5 rings (SSSR count). The lowest BCUT2D eigenvalue weighted by Gasteiger charge is -2.25. The van der Waals surface area contributed by atoms with Crippen molar-refractivity contribution in [2.75, 3.05) is 7.11 Å². The van der Waals surface area contributed by atoms with Gasteiger partial charge in [0.25, 0.3) is 0 Å². The van der Waals surface area contributed by atoms with E-state index in [1.807, 2.05) is 89.6 Å². The van der Waals surface area contributed by atoms with Gasteiger partial charge in [-0.3, -0.25) is 9.59 Å². The van der Waals surface area contributed by atoms with Gasteiger partial charge < -0.3 is 30.7 Å². The Morgan fingerprint density at radius 3 is 2.30 bits per heavy atom. The van der Waals surface area contributed by atoms with E-state index in [1.54, 1.807) is 21.0 Å². The number of nitrogens with two attached hydrogens (primary N) is 1. The summed E-state index contributed by atoms with van der Waals surface area (Å²) >= 11 is 0. The monoisotopic (exact) mass is 579 g/mol. The van der Waals surface area contributed by atoms with Crippen molar-refractivity contribution in [2.45, 2.75) is 50.9 Å². The van der Waals surface area contributed by atoms with Crippen LogP contribution in [0, 0.1) is 0 Å². The number of methoxy groups -OCH3 is 1. The minimum Gasteiger partial charge on any atom is -0.497 e. The molecular weight excluding hydrogens is 542 g/mol. The Labute approximate surface area is 250 Å². The quantitative estimate of drug-likeness (QED) is 0.156. The first-order valence-corrected chi connectivity index (χ1v) is 14.2. The number of nitrogens with one attached hydrogen (secondary N) is 3. The zero-order valence-corrected chi connectivity index (χ0v) is 24.6. The van der Waals surface area contributed by atoms with Gasteiger partial charge in [0.15, 0.2) is 11.6 Å². The summed E-state index contributed by atoms with van der Waals surface area (Å²) in [4.78, 5) is 28.4. The predicted molar refractivity (Wildman–Crippen MR) is 165 cm³/mol. The summed E-state index contributed by atoms with van der Waals surface area (Å²) in [6, 6.07) is 24.6. The number of benzene rings is 3. The molecule has 2 aromatic heterocycles. The highest BCUT2D eigenvalue weighted by Gasteiger charge is 2.31. The van der Waals surface area contributed by atoms with E-state index in [-0.39, 0.29) is 5.91 Å². The van der Waals surface area contributed by atoms with Crippen molar-refractivity contribution in [1.29, 1.82) is 0 Å². The van der Waals surface area contributed by atoms with Crippen molar-refractivity contribution in [3.05, 3.63) is 113 Å². The summed E-state index contributed by atoms with van der Waals surface area (Å²) in [5.74, 6) is 1.56. The van der Waals surface area contributed by atoms with Crippen LogP contribution in [0.5, 0.6) is 5.75 Å². The van der Waals surface area contributed by atoms with Crippen LogP contribution in [0.25, 0.3) is 10.9 Å². The molecule has 0 fully saturated rings. The van der Waals surface area contributed by atoms with E-state index in [0.717, 1.165) is 33.3 Å². The van der Waals surface area contributed by atoms with Crippen LogP contribution in [0.2, 0.25) is 0 Å². The Balaban J connectivity index is 1.61. The van der Waals surface area contributed by atoms with Crippen molar-refractivity contribution in [3.8, 4) is 5.75 Å². The van der Waals surface area contributed by atoms with Gasteiger partial charge in [0, 0.05) is 23.5 Å². The lowest BCUT2D eigenvalue weighted by Crippen LogP contribution is -2.50. The highest BCUT2D eigenvalue weighted by atomic mass is 16.5. The van der Waals surface area contributed by atoms with Crippen molar-refractivity contribution in [1.82, 2.24) is 30.4 Å². The van der Waals surface area contributed by atoms with Crippen molar-refractivity contribution < 1.29 is 14.3 Å². The molecule has 2 amide bonds. The van der Waals surface area contributed by atoms with E-state index in [2.05, 4.69) is 25.8 Å². The fourth-order valence-corrected chi connectivity index (χ4v) is 5.15. The first-order valence-electron chi connectivity index (χ1n) is 14.2. The summed E-state index contributed by atoms with van der Waals surface area (Å²) < 4.78 is 7.33. The minimum absolute atomic E-state index is 0.315. The molecule has 10 nitrogen and oxygen atoms in total. The maximum absolute atomic E-state index is 13.3. The van der Waals surface area contributed by atoms with Gasteiger partial charge in [0.05, 0.1) is 31.3 Å². The van der Waals surface area contributed by atoms with Crippen molar-refractivity contribution in [3.63, 3.8) is 0 Å². The normalized spacial score (nSPS) is 12.9. The average Bonchev–Trinajstić information content (AvgIpc) is 3.61. The van der Waals surface area contributed by atoms with Crippen LogP contribution in [-0.4, -0.2) is 44.7 Å². The second kappa shape index (κ2) is 12.9. The fraction of sp³-hybridized carbons (Fsp3) is 0.273. The molecule has 0 aliphatic heterocycles. The number of nitrogens with zero attached hydrogens (tertiary/aromatic N) is 3. The highest BCUT2D eigenvalue weighted by molar-refractivity contribution is 5.86. The van der Waals surface area contributed by atoms with E-state index < -0.39 is 17.6 Å². The molecule has 2 unspecified atom stereocenters. The number of carbonyl (C=O) groups excluding carboxylic acids is 2. The third-order valence-electron chi connectivity index (χ3n) is 7.47. The molecule has 2 atom stereocenters. The summed E-state index contributed by atoms with van der Waals surface area (Å²) in [7, 11) is 1.63. The molecule has 10 heteroatoms. The third kappa shape index (κ3) is 6.92. The standard InChI is InChI=1S/C33H37N7O3/c1-33(2,34)32(42)37-29(18-24-19-35-27-12-8-7-11-26(24)27)31-39-38-30(28(36-21-41)17-22-9-5-4-6-10-22)40(31)20-23-13-15-25(43-3)16-14-23/h4-16,19,21,28-29,35H,17-18,20,34H2,1-3H3,(H,36,41)(H,37,42). The number of para-hydroxylation sites is 1. The van der Waals surface area contributed by atoms with E-state index in [9.17, 15) is 9.59 Å². The van der Waals surface area contributed by atoms with Crippen LogP contribution >= 0.6 is 0 Å². The number of H-pyrrole nitrogens is 1. The molecule has 5 aromatic rings. The molecule has 5 N–H and O–H groups in total. The van der Waals surface area contributed by atoms with E-state index in [0.29, 0.717) is 37.4 Å². The maximum atomic E-state index is 13.3. The molecule has 0 spiro atoms. The van der Waals surface area contributed by atoms with Crippen LogP contribution in [0.15, 0.2) is 85.1 Å². The van der Waals surface area contributed by atoms with Crippen LogP contribution in [0.4, 0.5) is 0 Å². The first kappa shape index (κ1) is 29.5. The van der Waals surface area contributed by atoms with E-state index in [1.165, 1.54) is 0 Å². The summed E-state index contributed by atoms with van der Waals surface area (Å²) in [6.07, 6.45) is 3.59. The summed E-state index contributed by atoms with van der Waals surface area (Å²) in [5, 5.41) is 16.4. The van der Waals surface area contributed by atoms with Crippen molar-refractivity contribution >= 4 is 23.2 Å². The number of carbonyl (C=O) groups is 2. The van der Waals surface area contributed by atoms with Gasteiger partial charge in [0.1, 0.15) is 5.75 Å². The molecule has 0 bridgehead atoms. The van der Waals surface area contributed by atoms with Crippen LogP contribution in [0.3, 0.4) is 0 Å². The molecular formula is C33H37N7O3. The Bertz CT molecular complexity index is 1670. The van der Waals surface area contributed by atoms with Crippen molar-refractivity contribution in [2.24, 2.45) is 5.73 Å². The number of hydrogen-bond acceptors (Lipinski definition) is 6. The molecule has 0 radical (unpaired) electrons. The zero-order chi connectivity index (χ0) is 30.4. The van der Waals surface area contributed by atoms with Gasteiger partial charge >= 0.3 is 0 Å². The van der Waals surface area contributed by atoms with Gasteiger partial charge in [-0.25, -0.2) is 0 Å². The van der Waals surface area contributed by atoms with Gasteiger partial charge in [-0.2, -0.15) is 0 Å². The molecule has 43 heavy (non-hydrogen) atoms.